The number of hydrogen-bond donors (Lipinski definition) is 1. The van der Waals surface area contributed by atoms with E-state index in [1.165, 1.54) is 0 Å². The topological polar surface area (TPSA) is 38.5 Å². The van der Waals surface area contributed by atoms with Gasteiger partial charge < -0.3 is 15.4 Å². The molecule has 2 aromatic carbocycles. The zero-order chi connectivity index (χ0) is 15.9. The molecule has 3 heteroatoms. The maximum Gasteiger partial charge on any atom is 0.120 e. The number of likely N-dealkylation sites (N-methyl/N-ethyl adjacent to an activating group) is 1. The van der Waals surface area contributed by atoms with Crippen molar-refractivity contribution in [1.29, 1.82) is 0 Å². The van der Waals surface area contributed by atoms with Crippen molar-refractivity contribution >= 4 is 0 Å². The van der Waals surface area contributed by atoms with Crippen LogP contribution in [0.2, 0.25) is 0 Å². The molecular formula is C19H26N2O. The number of benzene rings is 2. The Bertz CT molecular complexity index is 569. The standard InChI is InChI=1S/C19H26N2O/c1-4-18(21(2)3)19(20)16-11-8-12-17(13-16)22-14-15-9-6-5-7-10-15/h5-13,18-19H,4,14,20H2,1-3H3/t18-,19-/m0/s1. The molecule has 0 aromatic heterocycles. The van der Waals surface area contributed by atoms with E-state index in [0.717, 1.165) is 23.3 Å². The van der Waals surface area contributed by atoms with E-state index in [4.69, 9.17) is 10.5 Å². The molecule has 0 amide bonds. The molecule has 0 aliphatic rings. The second kappa shape index (κ2) is 7.97. The number of ether oxygens (including phenoxy) is 1. The van der Waals surface area contributed by atoms with Crippen LogP contribution in [0.1, 0.15) is 30.5 Å². The van der Waals surface area contributed by atoms with Crippen molar-refractivity contribution in [3.63, 3.8) is 0 Å². The summed E-state index contributed by atoms with van der Waals surface area (Å²) in [6, 6.07) is 18.6. The Hall–Kier alpha value is -1.84. The summed E-state index contributed by atoms with van der Waals surface area (Å²) in [5, 5.41) is 0. The molecule has 0 aliphatic heterocycles. The molecule has 0 aliphatic carbocycles. The summed E-state index contributed by atoms with van der Waals surface area (Å²) in [6.45, 7) is 2.74. The molecule has 118 valence electrons. The molecule has 2 N–H and O–H groups in total. The minimum Gasteiger partial charge on any atom is -0.489 e. The van der Waals surface area contributed by atoms with Gasteiger partial charge >= 0.3 is 0 Å². The molecule has 0 heterocycles. The molecule has 0 spiro atoms. The van der Waals surface area contributed by atoms with Crippen LogP contribution in [-0.4, -0.2) is 25.0 Å². The van der Waals surface area contributed by atoms with Crippen LogP contribution in [0, 0.1) is 0 Å². The van der Waals surface area contributed by atoms with Crippen molar-refractivity contribution in [3.05, 3.63) is 65.7 Å². The number of nitrogens with zero attached hydrogens (tertiary/aromatic N) is 1. The minimum absolute atomic E-state index is 0.0136. The maximum absolute atomic E-state index is 6.43. The summed E-state index contributed by atoms with van der Waals surface area (Å²) in [6.07, 6.45) is 1.02. The Labute approximate surface area is 133 Å². The van der Waals surface area contributed by atoms with E-state index in [9.17, 15) is 0 Å². The van der Waals surface area contributed by atoms with Gasteiger partial charge in [0.05, 0.1) is 0 Å². The first-order chi connectivity index (χ1) is 10.6. The lowest BCUT2D eigenvalue weighted by molar-refractivity contribution is 0.247. The van der Waals surface area contributed by atoms with Gasteiger partial charge in [0.1, 0.15) is 12.4 Å². The zero-order valence-corrected chi connectivity index (χ0v) is 13.7. The van der Waals surface area contributed by atoms with Gasteiger partial charge in [-0.05, 0) is 43.8 Å². The molecule has 2 aromatic rings. The third kappa shape index (κ3) is 4.33. The van der Waals surface area contributed by atoms with Crippen LogP contribution < -0.4 is 10.5 Å². The van der Waals surface area contributed by atoms with Crippen LogP contribution in [-0.2, 0) is 6.61 Å². The van der Waals surface area contributed by atoms with Crippen LogP contribution in [0.15, 0.2) is 54.6 Å². The third-order valence-corrected chi connectivity index (χ3v) is 3.99. The van der Waals surface area contributed by atoms with Gasteiger partial charge in [-0.1, -0.05) is 49.4 Å². The largest absolute Gasteiger partial charge is 0.489 e. The average Bonchev–Trinajstić information content (AvgIpc) is 2.54. The first-order valence-corrected chi connectivity index (χ1v) is 7.80. The second-order valence-electron chi connectivity index (χ2n) is 5.81. The molecule has 0 radical (unpaired) electrons. The van der Waals surface area contributed by atoms with Gasteiger partial charge in [-0.15, -0.1) is 0 Å². The van der Waals surface area contributed by atoms with E-state index < -0.39 is 0 Å². The summed E-state index contributed by atoms with van der Waals surface area (Å²) in [7, 11) is 4.15. The van der Waals surface area contributed by atoms with Gasteiger partial charge in [-0.2, -0.15) is 0 Å². The monoisotopic (exact) mass is 298 g/mol. The third-order valence-electron chi connectivity index (χ3n) is 3.99. The van der Waals surface area contributed by atoms with Gasteiger partial charge in [-0.25, -0.2) is 0 Å². The lowest BCUT2D eigenvalue weighted by Crippen LogP contribution is -2.37. The van der Waals surface area contributed by atoms with Crippen LogP contribution in [0.4, 0.5) is 0 Å². The van der Waals surface area contributed by atoms with Gasteiger partial charge in [0.15, 0.2) is 0 Å². The van der Waals surface area contributed by atoms with Crippen LogP contribution in [0.25, 0.3) is 0 Å². The fourth-order valence-electron chi connectivity index (χ4n) is 2.72. The Morgan fingerprint density at radius 1 is 1.05 bits per heavy atom. The first-order valence-electron chi connectivity index (χ1n) is 7.80. The van der Waals surface area contributed by atoms with Crippen LogP contribution in [0.5, 0.6) is 5.75 Å². The fraction of sp³-hybridized carbons (Fsp3) is 0.368. The molecule has 22 heavy (non-hydrogen) atoms. The van der Waals surface area contributed by atoms with Crippen molar-refractivity contribution < 1.29 is 4.74 Å². The second-order valence-corrected chi connectivity index (χ2v) is 5.81. The lowest BCUT2D eigenvalue weighted by Gasteiger charge is -2.29. The smallest absolute Gasteiger partial charge is 0.120 e. The van der Waals surface area contributed by atoms with E-state index in [1.54, 1.807) is 0 Å². The van der Waals surface area contributed by atoms with Crippen molar-refractivity contribution in [2.45, 2.75) is 32.0 Å². The first kappa shape index (κ1) is 16.5. The van der Waals surface area contributed by atoms with Crippen molar-refractivity contribution in [1.82, 2.24) is 4.90 Å². The van der Waals surface area contributed by atoms with E-state index in [1.807, 2.05) is 30.3 Å². The summed E-state index contributed by atoms with van der Waals surface area (Å²) in [5.74, 6) is 0.866. The summed E-state index contributed by atoms with van der Waals surface area (Å²) < 4.78 is 5.89. The number of rotatable bonds is 7. The summed E-state index contributed by atoms with van der Waals surface area (Å²) >= 11 is 0. The number of hydrogen-bond acceptors (Lipinski definition) is 3. The highest BCUT2D eigenvalue weighted by atomic mass is 16.5. The van der Waals surface area contributed by atoms with Crippen molar-refractivity contribution in [3.8, 4) is 5.75 Å². The summed E-state index contributed by atoms with van der Waals surface area (Å²) in [4.78, 5) is 2.18. The predicted molar refractivity (Wildman–Crippen MR) is 91.9 cm³/mol. The highest BCUT2D eigenvalue weighted by Crippen LogP contribution is 2.24. The normalized spacial score (nSPS) is 13.9. The summed E-state index contributed by atoms with van der Waals surface area (Å²) in [5.41, 5.74) is 8.71. The average molecular weight is 298 g/mol. The SMILES string of the molecule is CC[C@@H]([C@@H](N)c1cccc(OCc2ccccc2)c1)N(C)C. The van der Waals surface area contributed by atoms with Gasteiger partial charge in [0.25, 0.3) is 0 Å². The molecule has 2 atom stereocenters. The Morgan fingerprint density at radius 2 is 1.77 bits per heavy atom. The van der Waals surface area contributed by atoms with E-state index >= 15 is 0 Å². The fourth-order valence-corrected chi connectivity index (χ4v) is 2.72. The Kier molecular flexibility index (Phi) is 5.99. The molecule has 0 fully saturated rings. The lowest BCUT2D eigenvalue weighted by atomic mass is 9.97. The van der Waals surface area contributed by atoms with E-state index in [2.05, 4.69) is 50.2 Å². The maximum atomic E-state index is 6.43. The van der Waals surface area contributed by atoms with Gasteiger partial charge in [0.2, 0.25) is 0 Å². The quantitative estimate of drug-likeness (QED) is 0.848. The van der Waals surface area contributed by atoms with Crippen molar-refractivity contribution in [2.75, 3.05) is 14.1 Å². The van der Waals surface area contributed by atoms with Crippen LogP contribution >= 0.6 is 0 Å². The minimum atomic E-state index is -0.0136. The van der Waals surface area contributed by atoms with Crippen molar-refractivity contribution in [2.24, 2.45) is 5.73 Å². The van der Waals surface area contributed by atoms with Gasteiger partial charge in [-0.3, -0.25) is 0 Å². The zero-order valence-electron chi connectivity index (χ0n) is 13.7. The number of nitrogens with two attached hydrogens (primary N) is 1. The predicted octanol–water partition coefficient (Wildman–Crippen LogP) is 3.61. The van der Waals surface area contributed by atoms with Crippen LogP contribution in [0.3, 0.4) is 0 Å². The molecular weight excluding hydrogens is 272 g/mol. The highest BCUT2D eigenvalue weighted by Gasteiger charge is 2.20. The molecule has 3 nitrogen and oxygen atoms in total. The van der Waals surface area contributed by atoms with E-state index in [-0.39, 0.29) is 6.04 Å². The molecule has 0 unspecified atom stereocenters. The van der Waals surface area contributed by atoms with Gasteiger partial charge in [0, 0.05) is 12.1 Å². The Morgan fingerprint density at radius 3 is 2.41 bits per heavy atom. The Balaban J connectivity index is 2.06. The molecule has 0 bridgehead atoms. The molecule has 2 rings (SSSR count). The molecule has 0 saturated heterocycles. The highest BCUT2D eigenvalue weighted by molar-refractivity contribution is 5.31. The van der Waals surface area contributed by atoms with E-state index in [0.29, 0.717) is 12.6 Å². The molecule has 0 saturated carbocycles.